The zero-order chi connectivity index (χ0) is 12.6. The van der Waals surface area contributed by atoms with Gasteiger partial charge in [-0.15, -0.1) is 0 Å². The van der Waals surface area contributed by atoms with E-state index in [0.717, 1.165) is 16.8 Å². The second-order valence-electron chi connectivity index (χ2n) is 3.31. The second kappa shape index (κ2) is 4.14. The Hall–Kier alpha value is -1.95. The molecule has 2 rings (SSSR count). The molecule has 2 aromatic rings. The van der Waals surface area contributed by atoms with Crippen LogP contribution >= 0.6 is 11.6 Å². The van der Waals surface area contributed by atoms with Crippen LogP contribution in [0.15, 0.2) is 24.5 Å². The minimum atomic E-state index is -0.866. The molecule has 0 aliphatic rings. The number of nitrogens with zero attached hydrogens (tertiary/aromatic N) is 2. The van der Waals surface area contributed by atoms with Gasteiger partial charge >= 0.3 is 0 Å². The van der Waals surface area contributed by atoms with Crippen LogP contribution in [0.3, 0.4) is 0 Å². The largest absolute Gasteiger partial charge is 0.384 e. The van der Waals surface area contributed by atoms with Crippen molar-refractivity contribution in [2.75, 3.05) is 0 Å². The Balaban J connectivity index is 2.60. The summed E-state index contributed by atoms with van der Waals surface area (Å²) in [7, 11) is 0. The van der Waals surface area contributed by atoms with E-state index in [0.29, 0.717) is 0 Å². The average molecular weight is 257 g/mol. The molecule has 0 saturated carbocycles. The number of hydrogen-bond donors (Lipinski definition) is 2. The van der Waals surface area contributed by atoms with Gasteiger partial charge in [0.25, 0.3) is 0 Å². The maximum absolute atomic E-state index is 13.7. The topological polar surface area (TPSA) is 67.7 Å². The number of benzene rings is 1. The number of amidine groups is 1. The number of aromatic nitrogens is 2. The fourth-order valence-electron chi connectivity index (χ4n) is 1.36. The lowest BCUT2D eigenvalue weighted by Crippen LogP contribution is -2.13. The van der Waals surface area contributed by atoms with Crippen LogP contribution in [-0.2, 0) is 0 Å². The first-order valence-electron chi connectivity index (χ1n) is 4.53. The summed E-state index contributed by atoms with van der Waals surface area (Å²) >= 11 is 5.61. The van der Waals surface area contributed by atoms with Gasteiger partial charge in [0.1, 0.15) is 11.5 Å². The van der Waals surface area contributed by atoms with Crippen LogP contribution in [0.4, 0.5) is 8.78 Å². The molecule has 1 heterocycles. The van der Waals surface area contributed by atoms with Crippen LogP contribution in [0.2, 0.25) is 5.02 Å². The Bertz CT molecular complexity index is 571. The summed E-state index contributed by atoms with van der Waals surface area (Å²) in [6.07, 6.45) is 2.54. The van der Waals surface area contributed by atoms with E-state index in [9.17, 15) is 8.78 Å². The normalized spacial score (nSPS) is 10.5. The van der Waals surface area contributed by atoms with Crippen molar-refractivity contribution in [3.05, 3.63) is 46.7 Å². The molecule has 0 unspecified atom stereocenters. The molecule has 1 aromatic carbocycles. The molecular weight excluding hydrogens is 250 g/mol. The molecule has 0 amide bonds. The van der Waals surface area contributed by atoms with Crippen molar-refractivity contribution >= 4 is 17.4 Å². The van der Waals surface area contributed by atoms with E-state index in [1.165, 1.54) is 12.4 Å². The number of halogens is 3. The number of rotatable bonds is 2. The number of nitrogens with two attached hydrogens (primary N) is 1. The lowest BCUT2D eigenvalue weighted by atomic mass is 10.1. The lowest BCUT2D eigenvalue weighted by Gasteiger charge is -2.07. The summed E-state index contributed by atoms with van der Waals surface area (Å²) in [5.74, 6) is -2.14. The van der Waals surface area contributed by atoms with Crippen LogP contribution in [-0.4, -0.2) is 15.6 Å². The van der Waals surface area contributed by atoms with Crippen LogP contribution in [0.25, 0.3) is 5.69 Å². The summed E-state index contributed by atoms with van der Waals surface area (Å²) in [5.41, 5.74) is 4.77. The van der Waals surface area contributed by atoms with Crippen molar-refractivity contribution in [1.82, 2.24) is 9.78 Å². The highest BCUT2D eigenvalue weighted by atomic mass is 35.5. The molecule has 0 bridgehead atoms. The van der Waals surface area contributed by atoms with Crippen molar-refractivity contribution in [2.45, 2.75) is 0 Å². The first kappa shape index (κ1) is 11.5. The molecule has 0 atom stereocenters. The van der Waals surface area contributed by atoms with E-state index in [4.69, 9.17) is 22.7 Å². The molecule has 0 fully saturated rings. The van der Waals surface area contributed by atoms with E-state index in [2.05, 4.69) is 5.10 Å². The molecule has 0 saturated heterocycles. The second-order valence-corrected chi connectivity index (χ2v) is 3.74. The molecule has 0 aliphatic carbocycles. The van der Waals surface area contributed by atoms with Crippen molar-refractivity contribution in [3.8, 4) is 5.69 Å². The zero-order valence-electron chi connectivity index (χ0n) is 8.42. The predicted octanol–water partition coefficient (Wildman–Crippen LogP) is 2.09. The van der Waals surface area contributed by atoms with Gasteiger partial charge in [-0.2, -0.15) is 5.10 Å². The molecule has 0 aliphatic heterocycles. The third-order valence-electron chi connectivity index (χ3n) is 2.11. The first-order valence-corrected chi connectivity index (χ1v) is 4.91. The maximum Gasteiger partial charge on any atom is 0.152 e. The van der Waals surface area contributed by atoms with Gasteiger partial charge in [-0.25, -0.2) is 13.5 Å². The van der Waals surface area contributed by atoms with Crippen LogP contribution in [0.5, 0.6) is 0 Å². The SMILES string of the molecule is N=C(N)c1cc(F)c(-n2cc(Cl)cn2)c(F)c1. The average Bonchev–Trinajstić information content (AvgIpc) is 2.63. The van der Waals surface area contributed by atoms with Gasteiger partial charge in [-0.1, -0.05) is 11.6 Å². The first-order chi connectivity index (χ1) is 7.99. The van der Waals surface area contributed by atoms with Gasteiger partial charge in [0.2, 0.25) is 0 Å². The number of nitrogens with one attached hydrogen (secondary N) is 1. The Morgan fingerprint density at radius 3 is 2.35 bits per heavy atom. The predicted molar refractivity (Wildman–Crippen MR) is 59.5 cm³/mol. The fourth-order valence-corrected chi connectivity index (χ4v) is 1.50. The molecule has 17 heavy (non-hydrogen) atoms. The van der Waals surface area contributed by atoms with E-state index in [-0.39, 0.29) is 16.3 Å². The summed E-state index contributed by atoms with van der Waals surface area (Å²) in [4.78, 5) is 0. The Labute approximate surface area is 100 Å². The van der Waals surface area contributed by atoms with Crippen molar-refractivity contribution in [2.24, 2.45) is 5.73 Å². The number of hydrogen-bond acceptors (Lipinski definition) is 2. The molecule has 1 aromatic heterocycles. The minimum Gasteiger partial charge on any atom is -0.384 e. The molecule has 88 valence electrons. The summed E-state index contributed by atoms with van der Waals surface area (Å²) in [6, 6.07) is 1.94. The smallest absolute Gasteiger partial charge is 0.152 e. The lowest BCUT2D eigenvalue weighted by molar-refractivity contribution is 0.559. The highest BCUT2D eigenvalue weighted by Gasteiger charge is 2.15. The molecule has 0 spiro atoms. The van der Waals surface area contributed by atoms with Crippen LogP contribution < -0.4 is 5.73 Å². The summed E-state index contributed by atoms with van der Waals surface area (Å²) < 4.78 is 28.3. The van der Waals surface area contributed by atoms with E-state index in [1.807, 2.05) is 0 Å². The van der Waals surface area contributed by atoms with Gasteiger partial charge in [0.05, 0.1) is 11.2 Å². The zero-order valence-corrected chi connectivity index (χ0v) is 9.17. The molecule has 7 heteroatoms. The monoisotopic (exact) mass is 256 g/mol. The van der Waals surface area contributed by atoms with Crippen LogP contribution in [0.1, 0.15) is 5.56 Å². The van der Waals surface area contributed by atoms with Crippen LogP contribution in [0, 0.1) is 17.0 Å². The minimum absolute atomic E-state index is 0.0259. The van der Waals surface area contributed by atoms with Gasteiger partial charge in [0, 0.05) is 11.8 Å². The Morgan fingerprint density at radius 2 is 1.94 bits per heavy atom. The Kier molecular flexibility index (Phi) is 2.81. The van der Waals surface area contributed by atoms with Crippen molar-refractivity contribution in [3.63, 3.8) is 0 Å². The quantitative estimate of drug-likeness (QED) is 0.638. The number of nitrogen functional groups attached to an aromatic ring is 1. The Morgan fingerprint density at radius 1 is 1.35 bits per heavy atom. The molecular formula is C10H7ClF2N4. The highest BCUT2D eigenvalue weighted by Crippen LogP contribution is 2.20. The molecule has 3 N–H and O–H groups in total. The van der Waals surface area contributed by atoms with Crippen molar-refractivity contribution in [1.29, 1.82) is 5.41 Å². The summed E-state index contributed by atoms with van der Waals surface area (Å²) in [5, 5.41) is 11.1. The standard InChI is InChI=1S/C10H7ClF2N4/c11-6-3-16-17(4-6)9-7(12)1-5(10(14)15)2-8(9)13/h1-4H,(H3,14,15). The maximum atomic E-state index is 13.7. The van der Waals surface area contributed by atoms with E-state index < -0.39 is 17.5 Å². The molecule has 0 radical (unpaired) electrons. The third kappa shape index (κ3) is 2.12. The summed E-state index contributed by atoms with van der Waals surface area (Å²) in [6.45, 7) is 0. The highest BCUT2D eigenvalue weighted by molar-refractivity contribution is 6.30. The molecule has 4 nitrogen and oxygen atoms in total. The van der Waals surface area contributed by atoms with Gasteiger partial charge in [-0.3, -0.25) is 5.41 Å². The van der Waals surface area contributed by atoms with E-state index >= 15 is 0 Å². The van der Waals surface area contributed by atoms with Gasteiger partial charge in [-0.05, 0) is 12.1 Å². The van der Waals surface area contributed by atoms with Gasteiger partial charge in [0.15, 0.2) is 11.6 Å². The van der Waals surface area contributed by atoms with Crippen molar-refractivity contribution < 1.29 is 8.78 Å². The van der Waals surface area contributed by atoms with Gasteiger partial charge < -0.3 is 5.73 Å². The van der Waals surface area contributed by atoms with E-state index in [1.54, 1.807) is 0 Å². The fraction of sp³-hybridized carbons (Fsp3) is 0. The third-order valence-corrected chi connectivity index (χ3v) is 2.30.